The van der Waals surface area contributed by atoms with Crippen molar-refractivity contribution < 1.29 is 28.7 Å². The van der Waals surface area contributed by atoms with Crippen molar-refractivity contribution in [3.63, 3.8) is 0 Å². The molecule has 1 saturated carbocycles. The minimum absolute atomic E-state index is 0.0576. The van der Waals surface area contributed by atoms with Crippen LogP contribution in [0, 0.1) is 5.92 Å². The predicted octanol–water partition coefficient (Wildman–Crippen LogP) is 5.27. The molecule has 0 aliphatic heterocycles. The Balaban J connectivity index is 1.52. The van der Waals surface area contributed by atoms with E-state index in [1.165, 1.54) is 38.5 Å². The summed E-state index contributed by atoms with van der Waals surface area (Å²) in [4.78, 5) is 47.3. The summed E-state index contributed by atoms with van der Waals surface area (Å²) in [6.07, 6.45) is 9.36. The van der Waals surface area contributed by atoms with E-state index in [4.69, 9.17) is 9.47 Å². The van der Waals surface area contributed by atoms with Crippen molar-refractivity contribution in [1.29, 1.82) is 0 Å². The summed E-state index contributed by atoms with van der Waals surface area (Å²) >= 11 is 0. The highest BCUT2D eigenvalue weighted by Crippen LogP contribution is 2.29. The Morgan fingerprint density at radius 1 is 0.886 bits per heavy atom. The maximum atomic E-state index is 12.4. The van der Waals surface area contributed by atoms with Gasteiger partial charge in [0.15, 0.2) is 17.3 Å². The Morgan fingerprint density at radius 2 is 1.54 bits per heavy atom. The van der Waals surface area contributed by atoms with Crippen molar-refractivity contribution in [3.05, 3.63) is 59.7 Å². The Bertz CT molecular complexity index is 1100. The number of ketones is 1. The van der Waals surface area contributed by atoms with Crippen LogP contribution in [0.15, 0.2) is 48.5 Å². The molecule has 0 radical (unpaired) electrons. The van der Waals surface area contributed by atoms with Crippen LogP contribution in [0.1, 0.15) is 63.5 Å². The smallest absolute Gasteiger partial charge is 0.308 e. The number of anilines is 1. The lowest BCUT2D eigenvalue weighted by Gasteiger charge is -2.20. The number of hydrogen-bond donors (Lipinski definition) is 1. The van der Waals surface area contributed by atoms with Gasteiger partial charge in [0, 0.05) is 31.9 Å². The fraction of sp³-hybridized carbons (Fsp3) is 0.357. The summed E-state index contributed by atoms with van der Waals surface area (Å²) in [5.74, 6) is -0.691. The molecule has 184 valence electrons. The lowest BCUT2D eigenvalue weighted by Crippen LogP contribution is -2.24. The number of allylic oxidation sites excluding steroid dienone is 1. The van der Waals surface area contributed by atoms with Gasteiger partial charge >= 0.3 is 11.9 Å². The quantitative estimate of drug-likeness (QED) is 0.300. The maximum absolute atomic E-state index is 12.4. The van der Waals surface area contributed by atoms with Gasteiger partial charge in [0.05, 0.1) is 0 Å². The number of benzene rings is 2. The number of esters is 2. The molecule has 1 fully saturated rings. The van der Waals surface area contributed by atoms with E-state index < -0.39 is 11.9 Å². The summed E-state index contributed by atoms with van der Waals surface area (Å²) < 4.78 is 10.2. The van der Waals surface area contributed by atoms with Crippen LogP contribution in [-0.4, -0.2) is 23.6 Å². The van der Waals surface area contributed by atoms with Crippen molar-refractivity contribution in [2.24, 2.45) is 5.92 Å². The Kier molecular flexibility index (Phi) is 9.35. The monoisotopic (exact) mass is 477 g/mol. The molecule has 0 atom stereocenters. The second kappa shape index (κ2) is 12.6. The Hall–Kier alpha value is -3.74. The molecule has 0 heterocycles. The Labute approximate surface area is 205 Å². The molecule has 3 rings (SSSR count). The van der Waals surface area contributed by atoms with Crippen molar-refractivity contribution in [1.82, 2.24) is 0 Å². The third-order valence-corrected chi connectivity index (χ3v) is 5.79. The second-order valence-electron chi connectivity index (χ2n) is 8.71. The van der Waals surface area contributed by atoms with Crippen LogP contribution in [0.4, 0.5) is 5.69 Å². The zero-order valence-electron chi connectivity index (χ0n) is 20.2. The molecule has 0 spiro atoms. The van der Waals surface area contributed by atoms with Gasteiger partial charge < -0.3 is 14.8 Å². The van der Waals surface area contributed by atoms with Gasteiger partial charge in [0.2, 0.25) is 5.91 Å². The van der Waals surface area contributed by atoms with Gasteiger partial charge in [-0.1, -0.05) is 43.5 Å². The van der Waals surface area contributed by atoms with E-state index in [0.29, 0.717) is 18.4 Å². The van der Waals surface area contributed by atoms with Crippen molar-refractivity contribution in [2.75, 3.05) is 5.32 Å². The van der Waals surface area contributed by atoms with E-state index in [1.807, 2.05) is 24.3 Å². The largest absolute Gasteiger partial charge is 0.423 e. The molecular weight excluding hydrogens is 446 g/mol. The molecule has 2 aromatic carbocycles. The minimum atomic E-state index is -0.546. The van der Waals surface area contributed by atoms with Crippen LogP contribution < -0.4 is 14.8 Å². The first kappa shape index (κ1) is 25.9. The predicted molar refractivity (Wildman–Crippen MR) is 133 cm³/mol. The summed E-state index contributed by atoms with van der Waals surface area (Å²) in [5.41, 5.74) is 2.41. The second-order valence-corrected chi connectivity index (χ2v) is 8.71. The van der Waals surface area contributed by atoms with Crippen LogP contribution >= 0.6 is 0 Å². The molecule has 0 bridgehead atoms. The number of ether oxygens (including phenoxy) is 2. The number of amides is 1. The molecule has 1 aliphatic rings. The molecule has 0 unspecified atom stereocenters. The average molecular weight is 478 g/mol. The number of carbonyl (C=O) groups excluding carboxylic acids is 4. The highest BCUT2D eigenvalue weighted by Gasteiger charge is 2.21. The zero-order chi connectivity index (χ0) is 25.2. The van der Waals surface area contributed by atoms with Crippen molar-refractivity contribution in [2.45, 2.75) is 58.8 Å². The number of carbonyl (C=O) groups is 4. The molecule has 1 aliphatic carbocycles. The summed E-state index contributed by atoms with van der Waals surface area (Å²) in [7, 11) is 0. The molecule has 0 aromatic heterocycles. The van der Waals surface area contributed by atoms with Gasteiger partial charge in [0.25, 0.3) is 0 Å². The molecule has 2 aromatic rings. The van der Waals surface area contributed by atoms with Crippen LogP contribution in [0.5, 0.6) is 11.5 Å². The van der Waals surface area contributed by atoms with Gasteiger partial charge in [-0.15, -0.1) is 0 Å². The number of nitrogens with one attached hydrogen (secondary N) is 1. The van der Waals surface area contributed by atoms with E-state index in [0.717, 1.165) is 36.9 Å². The summed E-state index contributed by atoms with van der Waals surface area (Å²) in [6, 6.07) is 12.3. The van der Waals surface area contributed by atoms with Crippen LogP contribution in [0.3, 0.4) is 0 Å². The first-order valence-corrected chi connectivity index (χ1v) is 11.9. The van der Waals surface area contributed by atoms with E-state index >= 15 is 0 Å². The fourth-order valence-electron chi connectivity index (χ4n) is 4.01. The van der Waals surface area contributed by atoms with Crippen LogP contribution in [0.25, 0.3) is 6.08 Å². The maximum Gasteiger partial charge on any atom is 0.308 e. The van der Waals surface area contributed by atoms with Crippen molar-refractivity contribution >= 4 is 35.4 Å². The molecule has 1 N–H and O–H groups in total. The normalized spacial score (nSPS) is 13.9. The topological polar surface area (TPSA) is 98.8 Å². The van der Waals surface area contributed by atoms with E-state index in [2.05, 4.69) is 5.32 Å². The molecule has 7 nitrogen and oxygen atoms in total. The van der Waals surface area contributed by atoms with Crippen molar-refractivity contribution in [3.8, 4) is 11.5 Å². The lowest BCUT2D eigenvalue weighted by atomic mass is 9.88. The average Bonchev–Trinajstić information content (AvgIpc) is 2.83. The molecule has 1 amide bonds. The van der Waals surface area contributed by atoms with E-state index in [1.54, 1.807) is 12.1 Å². The lowest BCUT2D eigenvalue weighted by molar-refractivity contribution is -0.134. The third kappa shape index (κ3) is 8.52. The van der Waals surface area contributed by atoms with Gasteiger partial charge in [-0.3, -0.25) is 19.2 Å². The van der Waals surface area contributed by atoms with Gasteiger partial charge in [-0.05, 0) is 60.7 Å². The van der Waals surface area contributed by atoms with Gasteiger partial charge in [-0.25, -0.2) is 0 Å². The van der Waals surface area contributed by atoms with Gasteiger partial charge in [-0.2, -0.15) is 0 Å². The minimum Gasteiger partial charge on any atom is -0.423 e. The first-order chi connectivity index (χ1) is 16.8. The van der Waals surface area contributed by atoms with Crippen LogP contribution in [-0.2, 0) is 25.6 Å². The first-order valence-electron chi connectivity index (χ1n) is 11.9. The molecular formula is C28H31NO6. The molecule has 35 heavy (non-hydrogen) atoms. The molecule has 7 heteroatoms. The summed E-state index contributed by atoms with van der Waals surface area (Å²) in [5, 5.41) is 3.00. The highest BCUT2D eigenvalue weighted by molar-refractivity contribution is 5.94. The van der Waals surface area contributed by atoms with E-state index in [9.17, 15) is 19.2 Å². The van der Waals surface area contributed by atoms with Crippen LogP contribution in [0.2, 0.25) is 0 Å². The van der Waals surface area contributed by atoms with Gasteiger partial charge in [0.1, 0.15) is 0 Å². The zero-order valence-corrected chi connectivity index (χ0v) is 20.2. The SMILES string of the molecule is CC(=O)Oc1ccc(/C=C/C(=O)CCc2ccc(NC(=O)C3CCCCC3)cc2)cc1OC(C)=O. The number of hydrogen-bond acceptors (Lipinski definition) is 6. The molecule has 0 saturated heterocycles. The number of aryl methyl sites for hydroxylation is 1. The third-order valence-electron chi connectivity index (χ3n) is 5.79. The Morgan fingerprint density at radius 3 is 2.20 bits per heavy atom. The summed E-state index contributed by atoms with van der Waals surface area (Å²) in [6.45, 7) is 2.51. The standard InChI is InChI=1S/C28H31NO6/c1-19(30)34-26-17-12-22(18-27(26)35-20(2)31)11-16-25(32)15-10-21-8-13-24(14-9-21)29-28(33)23-6-4-3-5-7-23/h8-9,11-14,16-18,23H,3-7,10,15H2,1-2H3,(H,29,33)/b16-11+. The number of rotatable bonds is 9. The fourth-order valence-corrected chi connectivity index (χ4v) is 4.01. The highest BCUT2D eigenvalue weighted by atomic mass is 16.6. The van der Waals surface area contributed by atoms with E-state index in [-0.39, 0.29) is 29.1 Å².